The van der Waals surface area contributed by atoms with Crippen LogP contribution in [-0.2, 0) is 31.5 Å². The first-order valence-corrected chi connectivity index (χ1v) is 4.54. The van der Waals surface area contributed by atoms with E-state index in [1.54, 1.807) is 0 Å². The van der Waals surface area contributed by atoms with Crippen LogP contribution >= 0.6 is 0 Å². The Morgan fingerprint density at radius 3 is 0.700 bits per heavy atom. The van der Waals surface area contributed by atoms with E-state index < -0.39 is 17.9 Å². The Kier molecular flexibility index (Phi) is 29.2. The van der Waals surface area contributed by atoms with E-state index >= 15 is 0 Å². The quantitative estimate of drug-likeness (QED) is 0.394. The van der Waals surface area contributed by atoms with Crippen molar-refractivity contribution in [1.82, 2.24) is 0 Å². The van der Waals surface area contributed by atoms with E-state index in [-0.39, 0.29) is 71.5 Å². The Bertz CT molecular complexity index is 283. The second-order valence-corrected chi connectivity index (χ2v) is 3.20. The molecule has 111 valence electrons. The van der Waals surface area contributed by atoms with Crippen LogP contribution in [0.1, 0.15) is 20.8 Å². The molecule has 0 aromatic rings. The molecule has 0 aromatic carbocycles. The van der Waals surface area contributed by atoms with E-state index in [1.807, 2.05) is 0 Å². The molecule has 0 bridgehead atoms. The first-order chi connectivity index (χ1) is 7.93. The van der Waals surface area contributed by atoms with Gasteiger partial charge in [-0.15, -0.1) is 0 Å². The van der Waals surface area contributed by atoms with Gasteiger partial charge in [0.2, 0.25) is 0 Å². The van der Waals surface area contributed by atoms with Gasteiger partial charge in [-0.25, -0.2) is 0 Å². The third-order valence-electron chi connectivity index (χ3n) is 1.05. The van der Waals surface area contributed by atoms with Crippen molar-refractivity contribution in [2.75, 3.05) is 0 Å². The summed E-state index contributed by atoms with van der Waals surface area (Å²) >= 11 is 0. The van der Waals surface area contributed by atoms with Crippen LogP contribution in [0.25, 0.3) is 0 Å². The minimum Gasteiger partial charge on any atom is 3.00 e. The number of carbonyl (C=O) groups is 3. The summed E-state index contributed by atoms with van der Waals surface area (Å²) in [5.74, 6) is -3.56. The normalized spacial score (nSPS) is 6.75. The van der Waals surface area contributed by atoms with Gasteiger partial charge in [0, 0.05) is 0 Å². The zero-order valence-electron chi connectivity index (χ0n) is 10.9. The van der Waals surface area contributed by atoms with Crippen molar-refractivity contribution in [3.63, 3.8) is 0 Å². The van der Waals surface area contributed by atoms with Gasteiger partial charge in [-0.1, -0.05) is 19.7 Å². The van der Waals surface area contributed by atoms with Gasteiger partial charge in [0.05, 0.1) is 17.9 Å². The van der Waals surface area contributed by atoms with E-state index in [0.29, 0.717) is 0 Å². The van der Waals surface area contributed by atoms with E-state index in [0.717, 1.165) is 0 Å². The predicted molar refractivity (Wildman–Crippen MR) is 68.0 cm³/mol. The molecule has 0 aromatic heterocycles. The van der Waals surface area contributed by atoms with E-state index in [2.05, 4.69) is 19.7 Å². The molecule has 0 rings (SSSR count). The molecule has 0 saturated heterocycles. The maximum atomic E-state index is 9.49. The number of carboxylic acids is 3. The number of carbonyl (C=O) groups excluding carboxylic acids is 3. The predicted octanol–water partition coefficient (Wildman–Crippen LogP) is -2.98. The van der Waals surface area contributed by atoms with Crippen LogP contribution in [0.15, 0.2) is 36.5 Å². The van der Waals surface area contributed by atoms with Crippen LogP contribution in [-0.4, -0.2) is 55.6 Å². The molecule has 0 unspecified atom stereocenters. The van der Waals surface area contributed by atoms with Crippen LogP contribution in [0.3, 0.4) is 0 Å². The molecule has 8 heteroatoms. The average molecular weight is 353 g/mol. The van der Waals surface area contributed by atoms with Crippen LogP contribution in [0.4, 0.5) is 0 Å². The Morgan fingerprint density at radius 2 is 0.700 bits per heavy atom. The fourth-order valence-electron chi connectivity index (χ4n) is 0. The topological polar surface area (TPSA) is 120 Å². The van der Waals surface area contributed by atoms with E-state index in [9.17, 15) is 29.7 Å². The fourth-order valence-corrected chi connectivity index (χ4v) is 0. The maximum Gasteiger partial charge on any atom is 3.00 e. The molecule has 0 N–H and O–H groups in total. The van der Waals surface area contributed by atoms with E-state index in [1.165, 1.54) is 20.8 Å². The molecule has 0 fully saturated rings. The first-order valence-electron chi connectivity index (χ1n) is 4.54. The summed E-state index contributed by atoms with van der Waals surface area (Å²) in [6.07, 6.45) is 0. The zero-order chi connectivity index (χ0) is 15.5. The molecule has 6 nitrogen and oxygen atoms in total. The van der Waals surface area contributed by atoms with Gasteiger partial charge >= 0.3 is 54.8 Å². The van der Waals surface area contributed by atoms with Gasteiger partial charge in [-0.2, -0.15) is 0 Å². The smallest absolute Gasteiger partial charge is 3.00 e. The molecule has 1 radical (unpaired) electrons. The van der Waals surface area contributed by atoms with Crippen LogP contribution in [0.2, 0.25) is 0 Å². The van der Waals surface area contributed by atoms with Crippen LogP contribution < -0.4 is 15.3 Å². The summed E-state index contributed by atoms with van der Waals surface area (Å²) in [5.41, 5.74) is 0.194. The average Bonchev–Trinajstić information content (AvgIpc) is 2.18. The Labute approximate surface area is 158 Å². The number of carboxylic acid groups (broad SMARTS) is 3. The number of hydrogen-bond acceptors (Lipinski definition) is 6. The molecule has 0 aliphatic rings. The maximum absolute atomic E-state index is 9.49. The summed E-state index contributed by atoms with van der Waals surface area (Å²) in [6.45, 7) is 13.4. The van der Waals surface area contributed by atoms with Gasteiger partial charge in [0.25, 0.3) is 0 Å². The zero-order valence-corrected chi connectivity index (χ0v) is 12.0. The van der Waals surface area contributed by atoms with Crippen molar-refractivity contribution < 1.29 is 46.8 Å². The molecular formula is C12H17CaFeO6. The number of aliphatic carboxylic acids is 3. The van der Waals surface area contributed by atoms with Crippen molar-refractivity contribution in [3.05, 3.63) is 36.5 Å². The summed E-state index contributed by atoms with van der Waals surface area (Å²) in [7, 11) is 0. The van der Waals surface area contributed by atoms with Crippen LogP contribution in [0.5, 0.6) is 0 Å². The molecule has 20 heavy (non-hydrogen) atoms. The van der Waals surface area contributed by atoms with Crippen molar-refractivity contribution >= 4 is 55.6 Å². The molecular weight excluding hydrogens is 336 g/mol. The SMILES string of the molecule is C=C(C)C(=O)[O-].C=C(C)C(=O)[O-].C=C(C)C(=O)[O-].[CaH2].[Fe+3]. The molecule has 0 saturated carbocycles. The standard InChI is InChI=1S/3C4H6O2.Ca.Fe.2H/c3*1-3(2)4(5)6;;;;/h3*1H2,2H3,(H,5,6);;;;/q;;;;+3;;/p-3. The molecule has 0 amide bonds. The van der Waals surface area contributed by atoms with Gasteiger partial charge in [-0.05, 0) is 37.5 Å². The summed E-state index contributed by atoms with van der Waals surface area (Å²) in [5, 5.41) is 28.5. The van der Waals surface area contributed by atoms with Crippen molar-refractivity contribution in [2.45, 2.75) is 20.8 Å². The molecule has 0 atom stereocenters. The summed E-state index contributed by atoms with van der Waals surface area (Å²) in [4.78, 5) is 28.5. The molecule has 0 heterocycles. The Balaban J connectivity index is -0.0000000536. The number of hydrogen-bond donors (Lipinski definition) is 0. The van der Waals surface area contributed by atoms with Crippen molar-refractivity contribution in [1.29, 1.82) is 0 Å². The van der Waals surface area contributed by atoms with Crippen LogP contribution in [0, 0.1) is 0 Å². The molecule has 0 aliphatic heterocycles. The van der Waals surface area contributed by atoms with Gasteiger partial charge < -0.3 is 29.7 Å². The third kappa shape index (κ3) is 36.0. The van der Waals surface area contributed by atoms with Crippen molar-refractivity contribution in [2.24, 2.45) is 0 Å². The second kappa shape index (κ2) is 18.4. The molecule has 0 aliphatic carbocycles. The largest absolute Gasteiger partial charge is 3.00 e. The van der Waals surface area contributed by atoms with Gasteiger partial charge in [0.15, 0.2) is 0 Å². The summed E-state index contributed by atoms with van der Waals surface area (Å²) in [6, 6.07) is 0. The fraction of sp³-hybridized carbons (Fsp3) is 0.250. The second-order valence-electron chi connectivity index (χ2n) is 3.20. The van der Waals surface area contributed by atoms with Crippen molar-refractivity contribution in [3.8, 4) is 0 Å². The third-order valence-corrected chi connectivity index (χ3v) is 1.05. The number of rotatable bonds is 3. The monoisotopic (exact) mass is 353 g/mol. The summed E-state index contributed by atoms with van der Waals surface area (Å²) < 4.78 is 0. The van der Waals surface area contributed by atoms with Gasteiger partial charge in [0.1, 0.15) is 0 Å². The Morgan fingerprint density at radius 1 is 0.650 bits per heavy atom. The minimum absolute atomic E-state index is 0. The Hall–Kier alpha value is -0.591. The first kappa shape index (κ1) is 31.7. The minimum atomic E-state index is -1.19. The van der Waals surface area contributed by atoms with Gasteiger partial charge in [-0.3, -0.25) is 0 Å². The van der Waals surface area contributed by atoms with E-state index in [4.69, 9.17) is 0 Å². The molecule has 0 spiro atoms.